The van der Waals surface area contributed by atoms with E-state index in [4.69, 9.17) is 4.74 Å². The molecule has 0 aromatic heterocycles. The number of hydrogen-bond donors (Lipinski definition) is 1. The number of rotatable bonds is 8. The molecule has 7 heteroatoms. The third-order valence-corrected chi connectivity index (χ3v) is 6.65. The van der Waals surface area contributed by atoms with Crippen LogP contribution in [-0.4, -0.2) is 51.0 Å². The zero-order valence-corrected chi connectivity index (χ0v) is 16.7. The molecule has 0 radical (unpaired) electrons. The van der Waals surface area contributed by atoms with Crippen LogP contribution in [0, 0.1) is 6.92 Å². The van der Waals surface area contributed by atoms with E-state index in [1.165, 1.54) is 4.31 Å². The molecule has 0 heterocycles. The molecule has 1 saturated carbocycles. The standard InChI is InChI=1S/C19H30N2O4S/c1-15-9-11-18(12-10-15)26(23,24)21(17-7-5-4-6-8-17)13-19(22)20-16(2)14-25-3/h9-12,16-17H,4-8,13-14H2,1-3H3,(H,20,22)/t16-/m0/s1. The highest BCUT2D eigenvalue weighted by atomic mass is 32.2. The first-order chi connectivity index (χ1) is 12.3. The summed E-state index contributed by atoms with van der Waals surface area (Å²) in [5.41, 5.74) is 0.999. The highest BCUT2D eigenvalue weighted by molar-refractivity contribution is 7.89. The molecule has 0 unspecified atom stereocenters. The van der Waals surface area contributed by atoms with E-state index in [2.05, 4.69) is 5.32 Å². The molecule has 6 nitrogen and oxygen atoms in total. The van der Waals surface area contributed by atoms with Gasteiger partial charge >= 0.3 is 0 Å². The van der Waals surface area contributed by atoms with Crippen LogP contribution in [0.1, 0.15) is 44.6 Å². The van der Waals surface area contributed by atoms with Crippen LogP contribution in [0.3, 0.4) is 0 Å². The molecule has 1 N–H and O–H groups in total. The predicted molar refractivity (Wildman–Crippen MR) is 101 cm³/mol. The van der Waals surface area contributed by atoms with E-state index in [1.54, 1.807) is 31.4 Å². The molecule has 0 spiro atoms. The number of nitrogens with one attached hydrogen (secondary N) is 1. The SMILES string of the molecule is COC[C@H](C)NC(=O)CN(C1CCCCC1)S(=O)(=O)c1ccc(C)cc1. The maximum Gasteiger partial charge on any atom is 0.243 e. The van der Waals surface area contributed by atoms with E-state index in [9.17, 15) is 13.2 Å². The minimum atomic E-state index is -3.72. The Kier molecular flexibility index (Phi) is 7.61. The fourth-order valence-corrected chi connectivity index (χ4v) is 5.02. The second kappa shape index (κ2) is 9.48. The second-order valence-corrected chi connectivity index (χ2v) is 8.97. The van der Waals surface area contributed by atoms with Gasteiger partial charge in [0.1, 0.15) is 0 Å². The van der Waals surface area contributed by atoms with Crippen molar-refractivity contribution in [2.24, 2.45) is 0 Å². The van der Waals surface area contributed by atoms with Gasteiger partial charge < -0.3 is 10.1 Å². The molecule has 26 heavy (non-hydrogen) atoms. The summed E-state index contributed by atoms with van der Waals surface area (Å²) >= 11 is 0. The van der Waals surface area contributed by atoms with E-state index in [-0.39, 0.29) is 29.4 Å². The fraction of sp³-hybridized carbons (Fsp3) is 0.632. The molecule has 1 aromatic carbocycles. The van der Waals surface area contributed by atoms with Crippen molar-refractivity contribution in [3.05, 3.63) is 29.8 Å². The third-order valence-electron chi connectivity index (χ3n) is 4.73. The third kappa shape index (κ3) is 5.53. The van der Waals surface area contributed by atoms with Crippen molar-refractivity contribution in [1.29, 1.82) is 0 Å². The second-order valence-electron chi connectivity index (χ2n) is 7.08. The normalized spacial score (nSPS) is 17.2. The molecular formula is C19H30N2O4S. The van der Waals surface area contributed by atoms with Crippen LogP contribution in [0.4, 0.5) is 0 Å². The van der Waals surface area contributed by atoms with E-state index in [1.807, 2.05) is 13.8 Å². The number of benzene rings is 1. The summed E-state index contributed by atoms with van der Waals surface area (Å²) in [6.45, 7) is 3.98. The van der Waals surface area contributed by atoms with Gasteiger partial charge in [-0.15, -0.1) is 0 Å². The average Bonchev–Trinajstić information content (AvgIpc) is 2.61. The van der Waals surface area contributed by atoms with Crippen molar-refractivity contribution in [2.75, 3.05) is 20.3 Å². The lowest BCUT2D eigenvalue weighted by Crippen LogP contribution is -2.49. The Morgan fingerprint density at radius 1 is 1.23 bits per heavy atom. The molecule has 0 aliphatic heterocycles. The van der Waals surface area contributed by atoms with E-state index < -0.39 is 10.0 Å². The Morgan fingerprint density at radius 3 is 2.42 bits per heavy atom. The lowest BCUT2D eigenvalue weighted by Gasteiger charge is -2.33. The Bertz CT molecular complexity index is 682. The number of aryl methyl sites for hydroxylation is 1. The summed E-state index contributed by atoms with van der Waals surface area (Å²) in [6.07, 6.45) is 4.70. The van der Waals surface area contributed by atoms with Gasteiger partial charge in [0.15, 0.2) is 0 Å². The summed E-state index contributed by atoms with van der Waals surface area (Å²) in [6, 6.07) is 6.51. The summed E-state index contributed by atoms with van der Waals surface area (Å²) < 4.78 is 32.8. The van der Waals surface area contributed by atoms with Gasteiger partial charge in [0, 0.05) is 19.2 Å². The minimum Gasteiger partial charge on any atom is -0.383 e. The molecule has 146 valence electrons. The van der Waals surface area contributed by atoms with Crippen molar-refractivity contribution in [1.82, 2.24) is 9.62 Å². The monoisotopic (exact) mass is 382 g/mol. The largest absolute Gasteiger partial charge is 0.383 e. The smallest absolute Gasteiger partial charge is 0.243 e. The number of sulfonamides is 1. The quantitative estimate of drug-likeness (QED) is 0.749. The van der Waals surface area contributed by atoms with Crippen LogP contribution in [0.25, 0.3) is 0 Å². The van der Waals surface area contributed by atoms with E-state index >= 15 is 0 Å². The molecule has 1 aromatic rings. The molecule has 1 atom stereocenters. The molecule has 1 amide bonds. The minimum absolute atomic E-state index is 0.126. The summed E-state index contributed by atoms with van der Waals surface area (Å²) in [7, 11) is -2.15. The fourth-order valence-electron chi connectivity index (χ4n) is 3.38. The van der Waals surface area contributed by atoms with Crippen LogP contribution >= 0.6 is 0 Å². The molecule has 0 saturated heterocycles. The van der Waals surface area contributed by atoms with Crippen molar-refractivity contribution in [2.45, 2.75) is 62.9 Å². The van der Waals surface area contributed by atoms with E-state index in [0.717, 1.165) is 37.7 Å². The Balaban J connectivity index is 2.22. The highest BCUT2D eigenvalue weighted by Gasteiger charge is 2.34. The van der Waals surface area contributed by atoms with Gasteiger partial charge in [-0.3, -0.25) is 4.79 Å². The average molecular weight is 383 g/mol. The molecule has 1 fully saturated rings. The Hall–Kier alpha value is -1.44. The lowest BCUT2D eigenvalue weighted by molar-refractivity contribution is -0.122. The summed E-state index contributed by atoms with van der Waals surface area (Å²) in [4.78, 5) is 12.7. The van der Waals surface area contributed by atoms with Crippen LogP contribution in [0.2, 0.25) is 0 Å². The number of hydrogen-bond acceptors (Lipinski definition) is 4. The molecule has 1 aliphatic rings. The predicted octanol–water partition coefficient (Wildman–Crippen LogP) is 2.47. The van der Waals surface area contributed by atoms with Gasteiger partial charge in [-0.2, -0.15) is 4.31 Å². The Morgan fingerprint density at radius 2 is 1.85 bits per heavy atom. The first kappa shape index (κ1) is 20.9. The Labute approximate surface area is 157 Å². The number of ether oxygens (including phenoxy) is 1. The van der Waals surface area contributed by atoms with Crippen molar-refractivity contribution in [3.63, 3.8) is 0 Å². The number of amides is 1. The number of nitrogens with zero attached hydrogens (tertiary/aromatic N) is 1. The van der Waals surface area contributed by atoms with E-state index in [0.29, 0.717) is 6.61 Å². The number of methoxy groups -OCH3 is 1. The molecular weight excluding hydrogens is 352 g/mol. The van der Waals surface area contributed by atoms with Crippen LogP contribution in [-0.2, 0) is 19.6 Å². The van der Waals surface area contributed by atoms with Gasteiger partial charge in [0.05, 0.1) is 18.0 Å². The van der Waals surface area contributed by atoms with Crippen molar-refractivity contribution in [3.8, 4) is 0 Å². The van der Waals surface area contributed by atoms with Gasteiger partial charge in [0.2, 0.25) is 15.9 Å². The lowest BCUT2D eigenvalue weighted by atomic mass is 9.95. The first-order valence-electron chi connectivity index (χ1n) is 9.21. The van der Waals surface area contributed by atoms with Crippen LogP contribution in [0.5, 0.6) is 0 Å². The molecule has 0 bridgehead atoms. The first-order valence-corrected chi connectivity index (χ1v) is 10.7. The van der Waals surface area contributed by atoms with Crippen molar-refractivity contribution < 1.29 is 17.9 Å². The molecule has 1 aliphatic carbocycles. The molecule has 2 rings (SSSR count). The number of carbonyl (C=O) groups is 1. The van der Waals surface area contributed by atoms with Crippen LogP contribution < -0.4 is 5.32 Å². The van der Waals surface area contributed by atoms with Crippen LogP contribution in [0.15, 0.2) is 29.2 Å². The van der Waals surface area contributed by atoms with Gasteiger partial charge in [-0.25, -0.2) is 8.42 Å². The zero-order valence-electron chi connectivity index (χ0n) is 15.9. The van der Waals surface area contributed by atoms with Crippen molar-refractivity contribution >= 4 is 15.9 Å². The number of carbonyl (C=O) groups excluding carboxylic acids is 1. The van der Waals surface area contributed by atoms with Gasteiger partial charge in [-0.05, 0) is 38.8 Å². The maximum atomic E-state index is 13.2. The maximum absolute atomic E-state index is 13.2. The van der Waals surface area contributed by atoms with Gasteiger partial charge in [0.25, 0.3) is 0 Å². The van der Waals surface area contributed by atoms with Gasteiger partial charge in [-0.1, -0.05) is 37.0 Å². The topological polar surface area (TPSA) is 75.7 Å². The summed E-state index contributed by atoms with van der Waals surface area (Å²) in [5.74, 6) is -0.296. The zero-order chi connectivity index (χ0) is 19.2. The highest BCUT2D eigenvalue weighted by Crippen LogP contribution is 2.27. The summed E-state index contributed by atoms with van der Waals surface area (Å²) in [5, 5.41) is 2.81.